The molecule has 0 saturated heterocycles. The van der Waals surface area contributed by atoms with Crippen LogP contribution in [0.4, 0.5) is 5.69 Å². The van der Waals surface area contributed by atoms with Gasteiger partial charge in [-0.05, 0) is 47.5 Å². The highest BCUT2D eigenvalue weighted by atomic mass is 35.5. The largest absolute Gasteiger partial charge is 0.354 e. The first-order valence-corrected chi connectivity index (χ1v) is 10.1. The maximum atomic E-state index is 12.8. The van der Waals surface area contributed by atoms with E-state index >= 15 is 0 Å². The van der Waals surface area contributed by atoms with Crippen molar-refractivity contribution in [3.63, 3.8) is 0 Å². The van der Waals surface area contributed by atoms with E-state index in [2.05, 4.69) is 20.0 Å². The van der Waals surface area contributed by atoms with Gasteiger partial charge in [-0.1, -0.05) is 35.9 Å². The summed E-state index contributed by atoms with van der Waals surface area (Å²) in [5.74, 6) is 0.0207. The van der Waals surface area contributed by atoms with Crippen LogP contribution >= 0.6 is 11.6 Å². The monoisotopic (exact) mass is 419 g/mol. The molecule has 30 heavy (non-hydrogen) atoms. The molecule has 0 spiro atoms. The normalized spacial score (nSPS) is 11.9. The Morgan fingerprint density at radius 1 is 1.03 bits per heavy atom. The molecule has 4 aromatic rings. The fraction of sp³-hybridized carbons (Fsp3) is 0.174. The number of carbonyl (C=O) groups is 1. The number of benzene rings is 2. The lowest BCUT2D eigenvalue weighted by Crippen LogP contribution is -2.18. The van der Waals surface area contributed by atoms with Crippen molar-refractivity contribution in [2.75, 3.05) is 5.32 Å². The van der Waals surface area contributed by atoms with Gasteiger partial charge in [0.1, 0.15) is 12.7 Å². The van der Waals surface area contributed by atoms with E-state index in [1.165, 1.54) is 6.33 Å². The van der Waals surface area contributed by atoms with Gasteiger partial charge in [-0.15, -0.1) is 0 Å². The average Bonchev–Trinajstić information content (AvgIpc) is 3.44. The second kappa shape index (κ2) is 9.41. The summed E-state index contributed by atoms with van der Waals surface area (Å²) in [5.41, 5.74) is 2.95. The van der Waals surface area contributed by atoms with E-state index in [0.29, 0.717) is 18.0 Å². The highest BCUT2D eigenvalue weighted by Gasteiger charge is 2.17. The van der Waals surface area contributed by atoms with Crippen LogP contribution in [0.5, 0.6) is 0 Å². The number of carbonyl (C=O) groups excluding carboxylic acids is 1. The summed E-state index contributed by atoms with van der Waals surface area (Å²) in [6.45, 7) is 1.36. The Labute approximate surface area is 180 Å². The molecule has 4 rings (SSSR count). The fourth-order valence-electron chi connectivity index (χ4n) is 3.40. The first-order valence-electron chi connectivity index (χ1n) is 9.73. The van der Waals surface area contributed by atoms with Crippen LogP contribution in [0.25, 0.3) is 0 Å². The van der Waals surface area contributed by atoms with E-state index in [0.717, 1.165) is 23.4 Å². The number of nitrogens with one attached hydrogen (secondary N) is 1. The summed E-state index contributed by atoms with van der Waals surface area (Å²) >= 11 is 6.04. The molecule has 0 saturated carbocycles. The predicted octanol–water partition coefficient (Wildman–Crippen LogP) is 4.59. The third kappa shape index (κ3) is 5.36. The fourth-order valence-corrected chi connectivity index (χ4v) is 3.53. The van der Waals surface area contributed by atoms with Gasteiger partial charge in [-0.25, -0.2) is 9.67 Å². The number of rotatable bonds is 8. The topological polar surface area (TPSA) is 64.7 Å². The molecule has 152 valence electrons. The minimum absolute atomic E-state index is 0.0221. The second-order valence-corrected chi connectivity index (χ2v) is 7.61. The van der Waals surface area contributed by atoms with E-state index in [9.17, 15) is 4.79 Å². The van der Waals surface area contributed by atoms with Crippen molar-refractivity contribution in [1.82, 2.24) is 19.3 Å². The average molecular weight is 420 g/mol. The maximum absolute atomic E-state index is 12.8. The lowest BCUT2D eigenvalue weighted by Gasteiger charge is -2.18. The Morgan fingerprint density at radius 2 is 1.77 bits per heavy atom. The summed E-state index contributed by atoms with van der Waals surface area (Å²) in [6, 6.07) is 19.5. The number of hydrogen-bond acceptors (Lipinski definition) is 3. The van der Waals surface area contributed by atoms with E-state index in [-0.39, 0.29) is 11.8 Å². The van der Waals surface area contributed by atoms with Crippen molar-refractivity contribution < 1.29 is 4.79 Å². The summed E-state index contributed by atoms with van der Waals surface area (Å²) in [6.07, 6.45) is 7.58. The third-order valence-corrected chi connectivity index (χ3v) is 5.17. The Morgan fingerprint density at radius 3 is 2.43 bits per heavy atom. The second-order valence-electron chi connectivity index (χ2n) is 7.17. The number of aromatic nitrogens is 4. The van der Waals surface area contributed by atoms with Gasteiger partial charge in [0.05, 0.1) is 6.54 Å². The van der Waals surface area contributed by atoms with Crippen LogP contribution < -0.4 is 5.32 Å². The van der Waals surface area contributed by atoms with E-state index in [4.69, 9.17) is 11.6 Å². The molecule has 0 bridgehead atoms. The van der Waals surface area contributed by atoms with Crippen LogP contribution in [0.15, 0.2) is 85.7 Å². The van der Waals surface area contributed by atoms with Gasteiger partial charge in [-0.3, -0.25) is 4.79 Å². The Bertz CT molecular complexity index is 1060. The zero-order valence-corrected chi connectivity index (χ0v) is 17.1. The molecule has 0 aliphatic rings. The van der Waals surface area contributed by atoms with Gasteiger partial charge in [-0.2, -0.15) is 5.10 Å². The van der Waals surface area contributed by atoms with Crippen molar-refractivity contribution in [2.24, 2.45) is 0 Å². The van der Waals surface area contributed by atoms with Crippen molar-refractivity contribution in [3.05, 3.63) is 102 Å². The summed E-state index contributed by atoms with van der Waals surface area (Å²) < 4.78 is 3.84. The molecule has 0 aliphatic carbocycles. The van der Waals surface area contributed by atoms with Gasteiger partial charge >= 0.3 is 0 Å². The molecule has 0 fully saturated rings. The summed E-state index contributed by atoms with van der Waals surface area (Å²) in [5, 5.41) is 7.80. The SMILES string of the molecule is O=C(CC(Cn1cccc1)c1ccc(Cl)cc1)Nc1ccc(Cn2cncn2)cc1. The van der Waals surface area contributed by atoms with Crippen molar-refractivity contribution in [3.8, 4) is 0 Å². The number of nitrogens with zero attached hydrogens (tertiary/aromatic N) is 4. The lowest BCUT2D eigenvalue weighted by atomic mass is 9.95. The first kappa shape index (κ1) is 19.9. The van der Waals surface area contributed by atoms with Gasteiger partial charge < -0.3 is 9.88 Å². The van der Waals surface area contributed by atoms with Crippen LogP contribution in [0.3, 0.4) is 0 Å². The number of amides is 1. The smallest absolute Gasteiger partial charge is 0.225 e. The van der Waals surface area contributed by atoms with Crippen LogP contribution in [-0.4, -0.2) is 25.2 Å². The summed E-state index contributed by atoms with van der Waals surface area (Å²) in [4.78, 5) is 16.7. The Hall–Kier alpha value is -3.38. The van der Waals surface area contributed by atoms with Gasteiger partial charge in [0.25, 0.3) is 0 Å². The van der Waals surface area contributed by atoms with E-state index < -0.39 is 0 Å². The number of hydrogen-bond donors (Lipinski definition) is 1. The highest BCUT2D eigenvalue weighted by molar-refractivity contribution is 6.30. The molecule has 7 heteroatoms. The van der Waals surface area contributed by atoms with E-state index in [1.807, 2.05) is 73.1 Å². The molecular formula is C23H22ClN5O. The van der Waals surface area contributed by atoms with Crippen molar-refractivity contribution in [2.45, 2.75) is 25.4 Å². The molecule has 0 aliphatic heterocycles. The predicted molar refractivity (Wildman–Crippen MR) is 117 cm³/mol. The van der Waals surface area contributed by atoms with Crippen LogP contribution in [-0.2, 0) is 17.9 Å². The molecule has 2 heterocycles. The lowest BCUT2D eigenvalue weighted by molar-refractivity contribution is -0.116. The van der Waals surface area contributed by atoms with Gasteiger partial charge in [0.2, 0.25) is 5.91 Å². The van der Waals surface area contributed by atoms with Gasteiger partial charge in [0.15, 0.2) is 0 Å². The molecule has 1 N–H and O–H groups in total. The molecule has 1 atom stereocenters. The third-order valence-electron chi connectivity index (χ3n) is 4.92. The van der Waals surface area contributed by atoms with Crippen molar-refractivity contribution in [1.29, 1.82) is 0 Å². The maximum Gasteiger partial charge on any atom is 0.225 e. The van der Waals surface area contributed by atoms with Crippen LogP contribution in [0, 0.1) is 0 Å². The molecule has 2 aromatic carbocycles. The molecule has 1 amide bonds. The van der Waals surface area contributed by atoms with E-state index in [1.54, 1.807) is 11.0 Å². The number of halogens is 1. The Balaban J connectivity index is 1.41. The molecule has 0 radical (unpaired) electrons. The minimum atomic E-state index is -0.0221. The van der Waals surface area contributed by atoms with Crippen LogP contribution in [0.1, 0.15) is 23.5 Å². The number of anilines is 1. The standard InChI is InChI=1S/C23H22ClN5O/c24-21-7-5-19(6-8-21)20(15-28-11-1-2-12-28)13-23(30)27-22-9-3-18(4-10-22)14-29-17-25-16-26-29/h1-12,16-17,20H,13-15H2,(H,27,30). The molecule has 6 nitrogen and oxygen atoms in total. The minimum Gasteiger partial charge on any atom is -0.354 e. The first-order chi connectivity index (χ1) is 14.7. The van der Waals surface area contributed by atoms with Crippen molar-refractivity contribution >= 4 is 23.2 Å². The summed E-state index contributed by atoms with van der Waals surface area (Å²) in [7, 11) is 0. The quantitative estimate of drug-likeness (QED) is 0.454. The highest BCUT2D eigenvalue weighted by Crippen LogP contribution is 2.24. The molecule has 2 aromatic heterocycles. The Kier molecular flexibility index (Phi) is 6.25. The zero-order valence-electron chi connectivity index (χ0n) is 16.4. The molecule has 1 unspecified atom stereocenters. The van der Waals surface area contributed by atoms with Gasteiger partial charge in [0, 0.05) is 42.0 Å². The molecular weight excluding hydrogens is 398 g/mol. The zero-order chi connectivity index (χ0) is 20.8. The van der Waals surface area contributed by atoms with Crippen LogP contribution in [0.2, 0.25) is 5.02 Å².